The van der Waals surface area contributed by atoms with Gasteiger partial charge in [-0.1, -0.05) is 25.5 Å². The summed E-state index contributed by atoms with van der Waals surface area (Å²) in [5, 5.41) is 12.0. The van der Waals surface area contributed by atoms with Gasteiger partial charge in [-0.25, -0.2) is 13.9 Å². The van der Waals surface area contributed by atoms with Crippen LogP contribution in [-0.4, -0.2) is 54.9 Å². The highest BCUT2D eigenvalue weighted by Crippen LogP contribution is 2.35. The van der Waals surface area contributed by atoms with Gasteiger partial charge >= 0.3 is 0 Å². The van der Waals surface area contributed by atoms with Crippen molar-refractivity contribution in [1.82, 2.24) is 15.8 Å². The van der Waals surface area contributed by atoms with E-state index in [1.54, 1.807) is 30.3 Å². The molecule has 1 fully saturated rings. The molecule has 3 N–H and O–H groups in total. The molecular weight excluding hydrogens is 470 g/mol. The lowest BCUT2D eigenvalue weighted by Crippen LogP contribution is -2.54. The number of carbonyl (C=O) groups excluding carboxylic acids is 2. The van der Waals surface area contributed by atoms with Crippen LogP contribution in [0.2, 0.25) is 0 Å². The number of ether oxygens (including phenoxy) is 1. The molecule has 0 unspecified atom stereocenters. The number of carbonyl (C=O) groups is 2. The molecule has 0 bridgehead atoms. The average Bonchev–Trinajstić information content (AvgIpc) is 2.84. The van der Waals surface area contributed by atoms with Crippen molar-refractivity contribution in [3.05, 3.63) is 48.2 Å². The molecule has 0 aliphatic carbocycles. The van der Waals surface area contributed by atoms with Crippen molar-refractivity contribution in [2.75, 3.05) is 19.8 Å². The molecule has 33 heavy (non-hydrogen) atoms. The maximum Gasteiger partial charge on any atom is 0.265 e. The molecule has 11 heteroatoms. The largest absolute Gasteiger partial charge is 0.381 e. The number of benzene rings is 1. The normalized spacial score (nSPS) is 15.2. The fourth-order valence-corrected chi connectivity index (χ4v) is 5.51. The molecule has 1 aliphatic heterocycles. The van der Waals surface area contributed by atoms with Crippen molar-refractivity contribution in [3.8, 4) is 11.3 Å². The van der Waals surface area contributed by atoms with Crippen LogP contribution >= 0.6 is 12.4 Å². The van der Waals surface area contributed by atoms with Crippen LogP contribution in [0.25, 0.3) is 11.3 Å². The summed E-state index contributed by atoms with van der Waals surface area (Å²) in [7, 11) is -4.13. The van der Waals surface area contributed by atoms with Crippen LogP contribution in [-0.2, 0) is 19.4 Å². The van der Waals surface area contributed by atoms with E-state index < -0.39 is 20.5 Å². The summed E-state index contributed by atoms with van der Waals surface area (Å²) in [4.78, 5) is 28.6. The van der Waals surface area contributed by atoms with Crippen molar-refractivity contribution in [2.45, 2.75) is 42.2 Å². The molecule has 1 aromatic heterocycles. The molecule has 0 spiro atoms. The standard InChI is InChI=1S/C22H27N3O6S.ClH/c1-2-3-12-23-20(26)17-6-4-16(5-7-17)19-9-8-18(15-24-19)32(29,30)22(21(27)25-28)10-13-31-14-11-22;/h4-9,15,28H,2-3,10-14H2,1H3,(H,23,26)(H,25,27);1H. The minimum Gasteiger partial charge on any atom is -0.381 e. The molecular formula is C22H28ClN3O6S. The van der Waals surface area contributed by atoms with Gasteiger partial charge in [-0.3, -0.25) is 19.8 Å². The molecule has 1 saturated heterocycles. The third-order valence-corrected chi connectivity index (χ3v) is 8.12. The van der Waals surface area contributed by atoms with Gasteiger partial charge in [0.25, 0.3) is 11.8 Å². The SMILES string of the molecule is CCCCNC(=O)c1ccc(-c2ccc(S(=O)(=O)C3(C(=O)NO)CCOCC3)cn2)cc1.Cl. The third kappa shape index (κ3) is 5.52. The van der Waals surface area contributed by atoms with Crippen molar-refractivity contribution >= 4 is 34.1 Å². The summed E-state index contributed by atoms with van der Waals surface area (Å²) >= 11 is 0. The van der Waals surface area contributed by atoms with Gasteiger partial charge in [-0.05, 0) is 43.5 Å². The van der Waals surface area contributed by atoms with Crippen molar-refractivity contribution in [1.29, 1.82) is 0 Å². The van der Waals surface area contributed by atoms with Crippen LogP contribution in [0, 0.1) is 0 Å². The number of hydrogen-bond acceptors (Lipinski definition) is 7. The third-order valence-electron chi connectivity index (χ3n) is 5.64. The molecule has 9 nitrogen and oxygen atoms in total. The number of hydroxylamine groups is 1. The summed E-state index contributed by atoms with van der Waals surface area (Å²) < 4.78 is 29.9. The summed E-state index contributed by atoms with van der Waals surface area (Å²) in [6.45, 7) is 2.86. The Balaban J connectivity index is 0.00000385. The van der Waals surface area contributed by atoms with Crippen LogP contribution in [0.1, 0.15) is 43.0 Å². The maximum absolute atomic E-state index is 13.3. The van der Waals surface area contributed by atoms with E-state index in [9.17, 15) is 18.0 Å². The van der Waals surface area contributed by atoms with E-state index in [1.165, 1.54) is 17.7 Å². The lowest BCUT2D eigenvalue weighted by Gasteiger charge is -2.34. The molecule has 3 rings (SSSR count). The predicted octanol–water partition coefficient (Wildman–Crippen LogP) is 2.53. The van der Waals surface area contributed by atoms with Crippen molar-refractivity contribution in [2.24, 2.45) is 0 Å². The van der Waals surface area contributed by atoms with Gasteiger partial charge in [-0.15, -0.1) is 12.4 Å². The number of nitrogens with zero attached hydrogens (tertiary/aromatic N) is 1. The van der Waals surface area contributed by atoms with Gasteiger partial charge < -0.3 is 10.1 Å². The van der Waals surface area contributed by atoms with Gasteiger partial charge in [0.1, 0.15) is 0 Å². The van der Waals surface area contributed by atoms with Crippen LogP contribution in [0.3, 0.4) is 0 Å². The summed E-state index contributed by atoms with van der Waals surface area (Å²) in [6.07, 6.45) is 2.99. The highest BCUT2D eigenvalue weighted by molar-refractivity contribution is 7.93. The molecule has 0 radical (unpaired) electrons. The molecule has 0 saturated carbocycles. The second-order valence-corrected chi connectivity index (χ2v) is 9.88. The zero-order chi connectivity index (χ0) is 23.2. The van der Waals surface area contributed by atoms with Gasteiger partial charge in [0.05, 0.1) is 10.6 Å². The number of pyridine rings is 1. The first-order valence-corrected chi connectivity index (χ1v) is 12.0. The number of amides is 2. The fraction of sp³-hybridized carbons (Fsp3) is 0.409. The second-order valence-electron chi connectivity index (χ2n) is 7.62. The average molecular weight is 498 g/mol. The Morgan fingerprint density at radius 3 is 2.33 bits per heavy atom. The van der Waals surface area contributed by atoms with Crippen molar-refractivity contribution < 1.29 is 28.0 Å². The van der Waals surface area contributed by atoms with E-state index in [0.29, 0.717) is 23.4 Å². The molecule has 2 amide bonds. The van der Waals surface area contributed by atoms with Gasteiger partial charge in [0.2, 0.25) is 0 Å². The summed E-state index contributed by atoms with van der Waals surface area (Å²) in [5.74, 6) is -1.12. The predicted molar refractivity (Wildman–Crippen MR) is 124 cm³/mol. The number of hydrogen-bond donors (Lipinski definition) is 3. The molecule has 1 aromatic carbocycles. The number of sulfone groups is 1. The Morgan fingerprint density at radius 2 is 1.79 bits per heavy atom. The second kappa shape index (κ2) is 11.6. The Hall–Kier alpha value is -2.53. The number of rotatable bonds is 8. The number of unbranched alkanes of at least 4 members (excludes halogenated alkanes) is 1. The molecule has 180 valence electrons. The van der Waals surface area contributed by atoms with Crippen LogP contribution < -0.4 is 10.8 Å². The monoisotopic (exact) mass is 497 g/mol. The Bertz CT molecular complexity index is 1050. The number of nitrogens with one attached hydrogen (secondary N) is 2. The van der Waals surface area contributed by atoms with Crippen LogP contribution in [0.15, 0.2) is 47.5 Å². The molecule has 2 heterocycles. The first-order valence-electron chi connectivity index (χ1n) is 10.5. The Morgan fingerprint density at radius 1 is 1.12 bits per heavy atom. The minimum absolute atomic E-state index is 0. The van der Waals surface area contributed by atoms with Gasteiger partial charge in [0.15, 0.2) is 14.6 Å². The van der Waals surface area contributed by atoms with Crippen LogP contribution in [0.4, 0.5) is 0 Å². The minimum atomic E-state index is -4.13. The fourth-order valence-electron chi connectivity index (χ4n) is 3.63. The lowest BCUT2D eigenvalue weighted by atomic mass is 9.98. The highest BCUT2D eigenvalue weighted by Gasteiger charge is 2.52. The number of aromatic nitrogens is 1. The zero-order valence-corrected chi connectivity index (χ0v) is 19.9. The first kappa shape index (κ1) is 26.7. The smallest absolute Gasteiger partial charge is 0.265 e. The zero-order valence-electron chi connectivity index (χ0n) is 18.2. The van der Waals surface area contributed by atoms with Crippen molar-refractivity contribution in [3.63, 3.8) is 0 Å². The highest BCUT2D eigenvalue weighted by atomic mass is 35.5. The van der Waals surface area contributed by atoms with Crippen LogP contribution in [0.5, 0.6) is 0 Å². The molecule has 2 aromatic rings. The molecule has 1 aliphatic rings. The Labute approximate surface area is 199 Å². The quantitative estimate of drug-likeness (QED) is 0.290. The van der Waals surface area contributed by atoms with E-state index in [2.05, 4.69) is 17.2 Å². The Kier molecular flexibility index (Phi) is 9.35. The van der Waals surface area contributed by atoms with Gasteiger partial charge in [0, 0.05) is 37.1 Å². The topological polar surface area (TPSA) is 135 Å². The summed E-state index contributed by atoms with van der Waals surface area (Å²) in [6, 6.07) is 9.80. The van der Waals surface area contributed by atoms with E-state index in [4.69, 9.17) is 9.94 Å². The van der Waals surface area contributed by atoms with E-state index in [-0.39, 0.29) is 49.3 Å². The van der Waals surface area contributed by atoms with Gasteiger partial charge in [-0.2, -0.15) is 0 Å². The summed E-state index contributed by atoms with van der Waals surface area (Å²) in [5.41, 5.74) is 3.26. The molecule has 0 atom stereocenters. The van der Waals surface area contributed by atoms with E-state index in [1.807, 2.05) is 0 Å². The number of halogens is 1. The van der Waals surface area contributed by atoms with E-state index >= 15 is 0 Å². The lowest BCUT2D eigenvalue weighted by molar-refractivity contribution is -0.134. The maximum atomic E-state index is 13.3. The van der Waals surface area contributed by atoms with E-state index in [0.717, 1.165) is 12.8 Å². The first-order chi connectivity index (χ1) is 15.4.